The van der Waals surface area contributed by atoms with Crippen LogP contribution in [0.1, 0.15) is 31.3 Å². The minimum Gasteiger partial charge on any atom is -0.410 e. The molecule has 0 aliphatic heterocycles. The van der Waals surface area contributed by atoms with Crippen molar-refractivity contribution in [2.45, 2.75) is 0 Å². The number of hydrogen-bond acceptors (Lipinski definition) is 8. The van der Waals surface area contributed by atoms with E-state index in [9.17, 15) is 19.2 Å². The third-order valence-corrected chi connectivity index (χ3v) is 5.91. The number of benzene rings is 2. The SMILES string of the molecule is O=C(NCCOCCSC1=CC(=O)c2n[nH]c(C(=O)Nc3ccccc3)c2C1=O)Oc1ccccc1. The van der Waals surface area contributed by atoms with E-state index in [0.29, 0.717) is 17.2 Å². The number of aromatic nitrogens is 2. The summed E-state index contributed by atoms with van der Waals surface area (Å²) in [5.41, 5.74) is 0.362. The number of rotatable bonds is 10. The summed E-state index contributed by atoms with van der Waals surface area (Å²) in [7, 11) is 0. The zero-order valence-electron chi connectivity index (χ0n) is 19.0. The molecule has 3 aromatic rings. The lowest BCUT2D eigenvalue weighted by Crippen LogP contribution is -2.30. The van der Waals surface area contributed by atoms with Gasteiger partial charge < -0.3 is 20.1 Å². The molecular formula is C25H22N4O6S. The Hall–Kier alpha value is -4.22. The van der Waals surface area contributed by atoms with Crippen LogP contribution >= 0.6 is 11.8 Å². The zero-order valence-corrected chi connectivity index (χ0v) is 19.8. The summed E-state index contributed by atoms with van der Waals surface area (Å²) in [4.78, 5) is 50.1. The number of carbonyl (C=O) groups is 4. The number of fused-ring (bicyclic) bond motifs is 1. The van der Waals surface area contributed by atoms with Crippen molar-refractivity contribution in [3.8, 4) is 5.75 Å². The maximum absolute atomic E-state index is 13.0. The number of H-pyrrole nitrogens is 1. The number of Topliss-reactive ketones (excluding diaryl/α,β-unsaturated/α-hetero) is 1. The molecule has 1 aliphatic rings. The average Bonchev–Trinajstić information content (AvgIpc) is 3.34. The van der Waals surface area contributed by atoms with Crippen molar-refractivity contribution in [3.05, 3.63) is 88.6 Å². The van der Waals surface area contributed by atoms with Crippen LogP contribution < -0.4 is 15.4 Å². The number of carbonyl (C=O) groups excluding carboxylic acids is 4. The average molecular weight is 507 g/mol. The Balaban J connectivity index is 1.22. The van der Waals surface area contributed by atoms with Gasteiger partial charge in [0.1, 0.15) is 17.1 Å². The number of thioether (sulfide) groups is 1. The minimum atomic E-state index is -0.585. The van der Waals surface area contributed by atoms with Gasteiger partial charge in [-0.05, 0) is 24.3 Å². The lowest BCUT2D eigenvalue weighted by molar-refractivity contribution is 0.0978. The Morgan fingerprint density at radius 1 is 0.972 bits per heavy atom. The Kier molecular flexibility index (Phi) is 8.27. The summed E-state index contributed by atoms with van der Waals surface area (Å²) in [6, 6.07) is 17.4. The summed E-state index contributed by atoms with van der Waals surface area (Å²) in [6.45, 7) is 0.763. The molecule has 0 fully saturated rings. The first-order chi connectivity index (χ1) is 17.5. The quantitative estimate of drug-likeness (QED) is 0.355. The molecule has 36 heavy (non-hydrogen) atoms. The van der Waals surface area contributed by atoms with Crippen LogP contribution in [0.5, 0.6) is 5.75 Å². The first-order valence-corrected chi connectivity index (χ1v) is 12.0. The number of nitrogens with one attached hydrogen (secondary N) is 3. The standard InChI is InChI=1S/C25H22N4O6S/c30-18-15-19(36-14-13-34-12-11-26-25(33)35-17-9-5-2-6-10-17)23(31)20-21(18)28-29-22(20)24(32)27-16-7-3-1-4-8-16/h1-10,15H,11-14H2,(H,26,33)(H,27,32)(H,28,29). The van der Waals surface area contributed by atoms with E-state index in [1.807, 2.05) is 12.1 Å². The molecule has 3 N–H and O–H groups in total. The number of nitrogens with zero attached hydrogens (tertiary/aromatic N) is 1. The summed E-state index contributed by atoms with van der Waals surface area (Å²) in [5.74, 6) is -0.647. The predicted molar refractivity (Wildman–Crippen MR) is 133 cm³/mol. The Labute approximate surface area is 210 Å². The van der Waals surface area contributed by atoms with Crippen LogP contribution in [0.15, 0.2) is 71.6 Å². The number of para-hydroxylation sites is 2. The number of hydrogen-bond donors (Lipinski definition) is 3. The van der Waals surface area contributed by atoms with Gasteiger partial charge in [-0.25, -0.2) is 4.79 Å². The van der Waals surface area contributed by atoms with Crippen LogP contribution in [-0.4, -0.2) is 59.3 Å². The molecule has 1 aliphatic carbocycles. The molecular weight excluding hydrogens is 484 g/mol. The summed E-state index contributed by atoms with van der Waals surface area (Å²) in [5, 5.41) is 11.6. The van der Waals surface area contributed by atoms with Crippen LogP contribution in [0.4, 0.5) is 10.5 Å². The maximum Gasteiger partial charge on any atom is 0.412 e. The van der Waals surface area contributed by atoms with Crippen molar-refractivity contribution in [2.24, 2.45) is 0 Å². The molecule has 184 valence electrons. The van der Waals surface area contributed by atoms with Gasteiger partial charge in [0.25, 0.3) is 5.91 Å². The van der Waals surface area contributed by atoms with E-state index in [-0.39, 0.29) is 41.6 Å². The van der Waals surface area contributed by atoms with Gasteiger partial charge in [-0.2, -0.15) is 5.10 Å². The van der Waals surface area contributed by atoms with Gasteiger partial charge in [-0.1, -0.05) is 36.4 Å². The highest BCUT2D eigenvalue weighted by Crippen LogP contribution is 2.29. The Morgan fingerprint density at radius 3 is 2.44 bits per heavy atom. The van der Waals surface area contributed by atoms with Gasteiger partial charge in [0.05, 0.1) is 23.7 Å². The first-order valence-electron chi connectivity index (χ1n) is 11.0. The number of amides is 2. The molecule has 0 atom stereocenters. The van der Waals surface area contributed by atoms with Gasteiger partial charge in [-0.15, -0.1) is 11.8 Å². The Bertz CT molecular complexity index is 1290. The summed E-state index contributed by atoms with van der Waals surface area (Å²) < 4.78 is 10.6. The largest absolute Gasteiger partial charge is 0.412 e. The fourth-order valence-corrected chi connectivity index (χ4v) is 4.12. The molecule has 11 heteroatoms. The second-order valence-electron chi connectivity index (χ2n) is 7.43. The summed E-state index contributed by atoms with van der Waals surface area (Å²) >= 11 is 1.15. The molecule has 4 rings (SSSR count). The second-order valence-corrected chi connectivity index (χ2v) is 8.57. The van der Waals surface area contributed by atoms with Gasteiger partial charge in [-0.3, -0.25) is 19.5 Å². The highest BCUT2D eigenvalue weighted by Gasteiger charge is 2.33. The molecule has 0 radical (unpaired) electrons. The van der Waals surface area contributed by atoms with Gasteiger partial charge in [0.2, 0.25) is 11.6 Å². The number of ether oxygens (including phenoxy) is 2. The van der Waals surface area contributed by atoms with Crippen LogP contribution in [0, 0.1) is 0 Å². The molecule has 0 saturated carbocycles. The van der Waals surface area contributed by atoms with E-state index < -0.39 is 23.6 Å². The maximum atomic E-state index is 13.0. The number of allylic oxidation sites excluding steroid dienone is 2. The first kappa shape index (κ1) is 24.9. The van der Waals surface area contributed by atoms with Crippen molar-refractivity contribution in [1.82, 2.24) is 15.5 Å². The lowest BCUT2D eigenvalue weighted by atomic mass is 9.99. The van der Waals surface area contributed by atoms with Crippen LogP contribution in [0.3, 0.4) is 0 Å². The molecule has 0 spiro atoms. The van der Waals surface area contributed by atoms with E-state index >= 15 is 0 Å². The fourth-order valence-electron chi connectivity index (χ4n) is 3.27. The smallest absolute Gasteiger partial charge is 0.410 e. The molecule has 2 amide bonds. The van der Waals surface area contributed by atoms with Crippen LogP contribution in [0.2, 0.25) is 0 Å². The zero-order chi connectivity index (χ0) is 25.3. The molecule has 0 bridgehead atoms. The Morgan fingerprint density at radius 2 is 1.69 bits per heavy atom. The molecule has 0 unspecified atom stereocenters. The van der Waals surface area contributed by atoms with Gasteiger partial charge in [0, 0.05) is 24.1 Å². The second kappa shape index (κ2) is 12.0. The summed E-state index contributed by atoms with van der Waals surface area (Å²) in [6.07, 6.45) is 0.634. The highest BCUT2D eigenvalue weighted by atomic mass is 32.2. The number of anilines is 1. The normalized spacial score (nSPS) is 12.5. The number of ketones is 2. The molecule has 1 heterocycles. The van der Waals surface area contributed by atoms with Gasteiger partial charge >= 0.3 is 6.09 Å². The minimum absolute atomic E-state index is 0.0412. The highest BCUT2D eigenvalue weighted by molar-refractivity contribution is 8.04. The molecule has 10 nitrogen and oxygen atoms in total. The van der Waals surface area contributed by atoms with Crippen molar-refractivity contribution in [1.29, 1.82) is 0 Å². The predicted octanol–water partition coefficient (Wildman–Crippen LogP) is 3.46. The molecule has 0 saturated heterocycles. The van der Waals surface area contributed by atoms with E-state index in [0.717, 1.165) is 11.8 Å². The number of aromatic amines is 1. The van der Waals surface area contributed by atoms with Crippen molar-refractivity contribution in [3.63, 3.8) is 0 Å². The molecule has 2 aromatic carbocycles. The van der Waals surface area contributed by atoms with Crippen LogP contribution in [0.25, 0.3) is 0 Å². The van der Waals surface area contributed by atoms with Crippen molar-refractivity contribution < 1.29 is 28.7 Å². The van der Waals surface area contributed by atoms with Crippen molar-refractivity contribution >= 4 is 41.0 Å². The van der Waals surface area contributed by atoms with E-state index in [1.165, 1.54) is 6.08 Å². The van der Waals surface area contributed by atoms with E-state index in [1.54, 1.807) is 48.5 Å². The fraction of sp³-hybridized carbons (Fsp3) is 0.160. The lowest BCUT2D eigenvalue weighted by Gasteiger charge is -2.12. The molecule has 1 aromatic heterocycles. The van der Waals surface area contributed by atoms with Crippen molar-refractivity contribution in [2.75, 3.05) is 30.8 Å². The van der Waals surface area contributed by atoms with Crippen LogP contribution in [-0.2, 0) is 4.74 Å². The monoisotopic (exact) mass is 506 g/mol. The topological polar surface area (TPSA) is 139 Å². The third-order valence-electron chi connectivity index (χ3n) is 4.93. The van der Waals surface area contributed by atoms with E-state index in [4.69, 9.17) is 9.47 Å². The van der Waals surface area contributed by atoms with Gasteiger partial charge in [0.15, 0.2) is 0 Å². The third kappa shape index (κ3) is 6.26. The van der Waals surface area contributed by atoms with E-state index in [2.05, 4.69) is 20.8 Å².